The van der Waals surface area contributed by atoms with Gasteiger partial charge in [0.05, 0.1) is 22.3 Å². The molecular weight excluding hydrogens is 1570 g/mol. The van der Waals surface area contributed by atoms with Crippen LogP contribution >= 0.6 is 0 Å². The largest absolute Gasteiger partial charge is 0.456 e. The standard InChI is InChI=1S/C32H28NO.2C30H24NO.C29H22NO/c1-19-16-28-31(25-14-10-9-13-24(19)25)30-21(3)15-20(2)29(32(30)34-28)27-17-26(22(4)18-33(27)5)23-11-7-6-8-12-23;1-19-15-26-29(32-28-14-13-22-11-7-8-12-23(22)30(26)28)17-25(19)27-16-24(20(2)18-31(27)3)21-9-5-4-6-10-21;1-19-15-26-28(32-29-16-20(2)23-11-7-8-12-24(23)30(26)29)18-25(19)27-17-22(13-14-31(27)3)21-9-5-4-6-10-21;1-19-16-25-28(31-27-13-12-21-10-6-7-11-23(21)29(25)27)18-24(19)26-17-22(14-15-30(26)2)20-8-4-3-5-9-20/h6-18H,1-5H3;2*4-18H,1-3H3;3-18H,1-2H3/q4*+1/i3D3,4D3;;;. The van der Waals surface area contributed by atoms with Crippen LogP contribution in [0.25, 0.3) is 220 Å². The molecule has 0 N–H and O–H groups in total. The van der Waals surface area contributed by atoms with Crippen molar-refractivity contribution in [3.8, 4) is 89.5 Å². The molecule has 0 amide bonds. The Labute approximate surface area is 758 Å². The Kier molecular flexibility index (Phi) is 18.7. The summed E-state index contributed by atoms with van der Waals surface area (Å²) in [6, 6.07) is 116. The van der Waals surface area contributed by atoms with Crippen molar-refractivity contribution in [2.24, 2.45) is 28.2 Å². The average molecular weight is 1680 g/mol. The van der Waals surface area contributed by atoms with Gasteiger partial charge in [0.25, 0.3) is 0 Å². The number of rotatable bonds is 8. The molecule has 8 heterocycles. The van der Waals surface area contributed by atoms with Crippen LogP contribution in [0.5, 0.6) is 0 Å². The number of aromatic nitrogens is 4. The molecule has 0 radical (unpaired) electrons. The van der Waals surface area contributed by atoms with Gasteiger partial charge in [0.1, 0.15) is 72.9 Å². The molecule has 0 aliphatic heterocycles. The molecule has 622 valence electrons. The summed E-state index contributed by atoms with van der Waals surface area (Å²) in [6.07, 6.45) is 8.13. The van der Waals surface area contributed by atoms with Crippen LogP contribution in [0.15, 0.2) is 376 Å². The van der Waals surface area contributed by atoms with E-state index in [1.165, 1.54) is 160 Å². The number of fused-ring (bicyclic) bond motifs is 20. The highest BCUT2D eigenvalue weighted by Crippen LogP contribution is 2.47. The van der Waals surface area contributed by atoms with E-state index < -0.39 is 13.7 Å². The second-order valence-corrected chi connectivity index (χ2v) is 34.5. The summed E-state index contributed by atoms with van der Waals surface area (Å²) in [5, 5.41) is 17.9. The average Bonchev–Trinajstić information content (AvgIpc) is 1.58. The molecule has 16 aromatic carbocycles. The molecule has 0 bridgehead atoms. The van der Waals surface area contributed by atoms with Gasteiger partial charge >= 0.3 is 0 Å². The monoisotopic (exact) mass is 1680 g/mol. The number of benzene rings is 16. The van der Waals surface area contributed by atoms with Crippen molar-refractivity contribution in [2.75, 3.05) is 0 Å². The summed E-state index contributed by atoms with van der Waals surface area (Å²) < 4.78 is 83.9. The highest BCUT2D eigenvalue weighted by molar-refractivity contribution is 6.24. The third-order valence-corrected chi connectivity index (χ3v) is 26.1. The number of pyridine rings is 4. The zero-order chi connectivity index (χ0) is 93.1. The normalized spacial score (nSPS) is 12.5. The van der Waals surface area contributed by atoms with Gasteiger partial charge < -0.3 is 17.7 Å². The van der Waals surface area contributed by atoms with Crippen LogP contribution in [0.1, 0.15) is 58.3 Å². The molecule has 0 saturated heterocycles. The van der Waals surface area contributed by atoms with Crippen LogP contribution in [-0.4, -0.2) is 0 Å². The van der Waals surface area contributed by atoms with Gasteiger partial charge in [-0.05, 0) is 249 Å². The molecule has 8 heteroatoms. The molecule has 0 aliphatic carbocycles. The lowest BCUT2D eigenvalue weighted by molar-refractivity contribution is -0.660. The molecule has 8 aromatic heterocycles. The Morgan fingerprint density at radius 1 is 0.209 bits per heavy atom. The third-order valence-electron chi connectivity index (χ3n) is 26.1. The molecular formula is C121H98N4O4+4. The van der Waals surface area contributed by atoms with E-state index in [1.807, 2.05) is 87.6 Å². The Balaban J connectivity index is 0.000000108. The van der Waals surface area contributed by atoms with Crippen molar-refractivity contribution in [1.82, 2.24) is 0 Å². The Morgan fingerprint density at radius 3 is 1.04 bits per heavy atom. The number of hydrogen-bond acceptors (Lipinski definition) is 4. The molecule has 129 heavy (non-hydrogen) atoms. The molecule has 0 saturated carbocycles. The quantitative estimate of drug-likeness (QED) is 0.142. The second kappa shape index (κ2) is 32.7. The van der Waals surface area contributed by atoms with Crippen molar-refractivity contribution < 1.29 is 44.2 Å². The van der Waals surface area contributed by atoms with Gasteiger partial charge in [-0.2, -0.15) is 0 Å². The maximum absolute atomic E-state index is 8.40. The number of nitrogens with zero attached hydrogens (tertiary/aromatic N) is 4. The lowest BCUT2D eigenvalue weighted by Crippen LogP contribution is -2.31. The Bertz CT molecular complexity index is 8900. The van der Waals surface area contributed by atoms with Crippen LogP contribution in [0.2, 0.25) is 0 Å². The van der Waals surface area contributed by atoms with Crippen LogP contribution in [0.4, 0.5) is 0 Å². The van der Waals surface area contributed by atoms with Gasteiger partial charge in [0.15, 0.2) is 24.8 Å². The number of aryl methyl sites for hydroxylation is 13. The number of furan rings is 4. The fourth-order valence-corrected chi connectivity index (χ4v) is 19.7. The Hall–Kier alpha value is -15.6. The summed E-state index contributed by atoms with van der Waals surface area (Å²) in [5.41, 5.74) is 32.5. The second-order valence-electron chi connectivity index (χ2n) is 34.5. The zero-order valence-electron chi connectivity index (χ0n) is 80.0. The lowest BCUT2D eigenvalue weighted by Gasteiger charge is -2.11. The summed E-state index contributed by atoms with van der Waals surface area (Å²) >= 11 is 0. The maximum atomic E-state index is 8.40. The minimum Gasteiger partial charge on any atom is -0.456 e. The third kappa shape index (κ3) is 14.4. The van der Waals surface area contributed by atoms with Crippen LogP contribution in [0, 0.1) is 62.2 Å². The van der Waals surface area contributed by atoms with E-state index in [9.17, 15) is 0 Å². The molecule has 0 unspecified atom stereocenters. The van der Waals surface area contributed by atoms with E-state index >= 15 is 0 Å². The SMILES string of the molecule is Cc1c[n+](C)c(-c2cc3oc4ccc5ccccc5c4c3cc2C)cc1-c1ccccc1.Cc1cc2c(cc1-c1cc(-c3ccccc3)cc[n+]1C)oc1cc(C)c3ccccc3c12.Cc1cc2c(cc1-c1cc(-c3ccccc3)cc[n+]1C)oc1ccc3ccccc3c12.[2H]C([2H])([2H])c1c[n+](C)c(-c2c(C)cc(C([2H])([2H])[2H])c3c2oc2cc(C)c4ccccc4c23)cc1-c1ccccc1. The maximum Gasteiger partial charge on any atom is 0.216 e. The van der Waals surface area contributed by atoms with Gasteiger partial charge in [-0.3, -0.25) is 0 Å². The fraction of sp³-hybridized carbons (Fsp3) is 0.107. The topological polar surface area (TPSA) is 68.1 Å². The van der Waals surface area contributed by atoms with E-state index in [-0.39, 0.29) is 11.1 Å². The van der Waals surface area contributed by atoms with Gasteiger partial charge in [-0.25, -0.2) is 18.3 Å². The first-order chi connectivity index (χ1) is 65.2. The van der Waals surface area contributed by atoms with Crippen molar-refractivity contribution in [3.63, 3.8) is 0 Å². The number of hydrogen-bond donors (Lipinski definition) is 0. The van der Waals surface area contributed by atoms with Crippen molar-refractivity contribution in [2.45, 2.75) is 62.2 Å². The zero-order valence-corrected chi connectivity index (χ0v) is 74.0. The highest BCUT2D eigenvalue weighted by atomic mass is 16.3. The van der Waals surface area contributed by atoms with Crippen molar-refractivity contribution in [3.05, 3.63) is 409 Å². The molecule has 24 rings (SSSR count). The molecule has 0 spiro atoms. The Morgan fingerprint density at radius 2 is 0.574 bits per heavy atom. The van der Waals surface area contributed by atoms with Crippen LogP contribution in [-0.2, 0) is 28.2 Å². The summed E-state index contributed by atoms with van der Waals surface area (Å²) in [7, 11) is 8.13. The predicted molar refractivity (Wildman–Crippen MR) is 536 cm³/mol. The van der Waals surface area contributed by atoms with Crippen molar-refractivity contribution in [1.29, 1.82) is 0 Å². The summed E-state index contributed by atoms with van der Waals surface area (Å²) in [6.45, 7) is 10.1. The van der Waals surface area contributed by atoms with Gasteiger partial charge in [0, 0.05) is 98.8 Å². The van der Waals surface area contributed by atoms with Gasteiger partial charge in [-0.15, -0.1) is 0 Å². The van der Waals surface area contributed by atoms with E-state index in [0.717, 1.165) is 77.6 Å². The molecule has 0 aliphatic rings. The summed E-state index contributed by atoms with van der Waals surface area (Å²) in [4.78, 5) is 0. The molecule has 0 fully saturated rings. The van der Waals surface area contributed by atoms with E-state index in [4.69, 9.17) is 25.9 Å². The van der Waals surface area contributed by atoms with E-state index in [0.29, 0.717) is 22.1 Å². The van der Waals surface area contributed by atoms with Crippen molar-refractivity contribution >= 4 is 131 Å². The van der Waals surface area contributed by atoms with E-state index in [2.05, 4.69) is 349 Å². The van der Waals surface area contributed by atoms with Gasteiger partial charge in [-0.1, -0.05) is 237 Å². The first kappa shape index (κ1) is 73.7. The molecule has 8 nitrogen and oxygen atoms in total. The fourth-order valence-electron chi connectivity index (χ4n) is 19.7. The molecule has 24 aromatic rings. The lowest BCUT2D eigenvalue weighted by atomic mass is 9.93. The molecule has 0 atom stereocenters. The minimum atomic E-state index is -2.37. The summed E-state index contributed by atoms with van der Waals surface area (Å²) in [5.74, 6) is 0. The highest BCUT2D eigenvalue weighted by Gasteiger charge is 2.28. The van der Waals surface area contributed by atoms with Gasteiger partial charge in [0.2, 0.25) is 22.8 Å². The van der Waals surface area contributed by atoms with Crippen LogP contribution in [0.3, 0.4) is 0 Å². The minimum absolute atomic E-state index is 0.238. The first-order valence-corrected chi connectivity index (χ1v) is 43.9. The van der Waals surface area contributed by atoms with E-state index in [1.54, 1.807) is 16.8 Å². The smallest absolute Gasteiger partial charge is 0.216 e. The predicted octanol–water partition coefficient (Wildman–Crippen LogP) is 30.4. The van der Waals surface area contributed by atoms with Crippen LogP contribution < -0.4 is 18.3 Å². The first-order valence-electron chi connectivity index (χ1n) is 46.9.